The zero-order valence-corrected chi connectivity index (χ0v) is 18.1. The van der Waals surface area contributed by atoms with Gasteiger partial charge >= 0.3 is 0 Å². The maximum absolute atomic E-state index is 12.5. The highest BCUT2D eigenvalue weighted by Crippen LogP contribution is 2.34. The summed E-state index contributed by atoms with van der Waals surface area (Å²) in [6.07, 6.45) is 0.557. The van der Waals surface area contributed by atoms with Crippen LogP contribution in [0.15, 0.2) is 30.3 Å². The maximum atomic E-state index is 12.5. The number of imide groups is 1. The van der Waals surface area contributed by atoms with E-state index in [9.17, 15) is 14.4 Å². The van der Waals surface area contributed by atoms with Gasteiger partial charge in [0.2, 0.25) is 5.91 Å². The molecule has 31 heavy (non-hydrogen) atoms. The minimum Gasteiger partial charge on any atom is -0.496 e. The molecular formula is C23H26N2O6. The van der Waals surface area contributed by atoms with Crippen molar-refractivity contribution in [2.24, 2.45) is 0 Å². The van der Waals surface area contributed by atoms with E-state index >= 15 is 0 Å². The average molecular weight is 426 g/mol. The van der Waals surface area contributed by atoms with Crippen molar-refractivity contribution in [3.8, 4) is 17.2 Å². The van der Waals surface area contributed by atoms with E-state index in [1.54, 1.807) is 24.3 Å². The Labute approximate surface area is 181 Å². The van der Waals surface area contributed by atoms with Crippen LogP contribution < -0.4 is 19.5 Å². The largest absolute Gasteiger partial charge is 0.496 e. The molecule has 0 spiro atoms. The molecule has 0 saturated heterocycles. The lowest BCUT2D eigenvalue weighted by Crippen LogP contribution is -2.32. The van der Waals surface area contributed by atoms with E-state index in [0.717, 1.165) is 11.1 Å². The summed E-state index contributed by atoms with van der Waals surface area (Å²) >= 11 is 0. The molecule has 2 aromatic rings. The van der Waals surface area contributed by atoms with Gasteiger partial charge in [-0.05, 0) is 31.5 Å². The first-order valence-electron chi connectivity index (χ1n) is 9.92. The van der Waals surface area contributed by atoms with Crippen molar-refractivity contribution in [2.75, 3.05) is 27.9 Å². The molecule has 2 aromatic carbocycles. The van der Waals surface area contributed by atoms with Crippen LogP contribution in [0.4, 0.5) is 0 Å². The van der Waals surface area contributed by atoms with Crippen molar-refractivity contribution in [1.29, 1.82) is 0 Å². The van der Waals surface area contributed by atoms with Gasteiger partial charge in [0.15, 0.2) is 11.5 Å². The van der Waals surface area contributed by atoms with Gasteiger partial charge in [-0.25, -0.2) is 0 Å². The summed E-state index contributed by atoms with van der Waals surface area (Å²) in [7, 11) is 4.61. The van der Waals surface area contributed by atoms with Crippen LogP contribution in [-0.2, 0) is 11.3 Å². The van der Waals surface area contributed by atoms with Gasteiger partial charge in [-0.3, -0.25) is 19.3 Å². The highest BCUT2D eigenvalue weighted by atomic mass is 16.5. The summed E-state index contributed by atoms with van der Waals surface area (Å²) in [5.41, 5.74) is 2.51. The third-order valence-electron chi connectivity index (χ3n) is 5.17. The van der Waals surface area contributed by atoms with E-state index in [1.165, 1.54) is 26.2 Å². The molecule has 8 nitrogen and oxygen atoms in total. The Morgan fingerprint density at radius 2 is 1.55 bits per heavy atom. The number of carbonyl (C=O) groups excluding carboxylic acids is 3. The van der Waals surface area contributed by atoms with Gasteiger partial charge in [0.25, 0.3) is 11.8 Å². The van der Waals surface area contributed by atoms with Crippen molar-refractivity contribution in [3.63, 3.8) is 0 Å². The summed E-state index contributed by atoms with van der Waals surface area (Å²) in [5, 5.41) is 2.83. The number of carbonyl (C=O) groups is 3. The lowest BCUT2D eigenvalue weighted by atomic mass is 10.1. The topological polar surface area (TPSA) is 94.2 Å². The molecule has 0 unspecified atom stereocenters. The number of nitrogens with zero attached hydrogens (tertiary/aromatic N) is 1. The fourth-order valence-corrected chi connectivity index (χ4v) is 3.52. The zero-order chi connectivity index (χ0) is 22.5. The second kappa shape index (κ2) is 9.51. The number of methoxy groups -OCH3 is 3. The lowest BCUT2D eigenvalue weighted by molar-refractivity contribution is -0.121. The Kier molecular flexibility index (Phi) is 6.79. The Balaban J connectivity index is 1.54. The SMILES string of the molecule is COc1cc(OC)c(OC)cc1CNC(=O)CCCN1C(=O)c2ccc(C)cc2C1=O. The summed E-state index contributed by atoms with van der Waals surface area (Å²) in [4.78, 5) is 38.5. The number of nitrogens with one attached hydrogen (secondary N) is 1. The number of benzene rings is 2. The summed E-state index contributed by atoms with van der Waals surface area (Å²) in [6, 6.07) is 8.65. The fourth-order valence-electron chi connectivity index (χ4n) is 3.52. The number of hydrogen-bond donors (Lipinski definition) is 1. The molecule has 1 aliphatic heterocycles. The molecular weight excluding hydrogens is 400 g/mol. The van der Waals surface area contributed by atoms with Crippen LogP contribution in [0.2, 0.25) is 0 Å². The molecule has 0 saturated carbocycles. The van der Waals surface area contributed by atoms with Gasteiger partial charge in [-0.2, -0.15) is 0 Å². The molecule has 8 heteroatoms. The van der Waals surface area contributed by atoms with Crippen LogP contribution >= 0.6 is 0 Å². The second-order valence-electron chi connectivity index (χ2n) is 7.21. The highest BCUT2D eigenvalue weighted by Gasteiger charge is 2.34. The van der Waals surface area contributed by atoms with Crippen LogP contribution in [0.25, 0.3) is 0 Å². The predicted molar refractivity (Wildman–Crippen MR) is 114 cm³/mol. The summed E-state index contributed by atoms with van der Waals surface area (Å²) in [5.74, 6) is 0.831. The monoisotopic (exact) mass is 426 g/mol. The smallest absolute Gasteiger partial charge is 0.261 e. The minimum atomic E-state index is -0.310. The number of ether oxygens (including phenoxy) is 3. The third-order valence-corrected chi connectivity index (χ3v) is 5.17. The van der Waals surface area contributed by atoms with E-state index in [4.69, 9.17) is 14.2 Å². The Bertz CT molecular complexity index is 1020. The van der Waals surface area contributed by atoms with E-state index < -0.39 is 0 Å². The van der Waals surface area contributed by atoms with Crippen LogP contribution in [0.5, 0.6) is 17.2 Å². The quantitative estimate of drug-likeness (QED) is 0.620. The van der Waals surface area contributed by atoms with Crippen molar-refractivity contribution >= 4 is 17.7 Å². The average Bonchev–Trinajstić information content (AvgIpc) is 3.01. The number of hydrogen-bond acceptors (Lipinski definition) is 6. The third kappa shape index (κ3) is 4.63. The van der Waals surface area contributed by atoms with Crippen molar-refractivity contribution < 1.29 is 28.6 Å². The molecule has 0 radical (unpaired) electrons. The number of rotatable bonds is 9. The first kappa shape index (κ1) is 22.1. The lowest BCUT2D eigenvalue weighted by Gasteiger charge is -2.15. The minimum absolute atomic E-state index is 0.183. The fraction of sp³-hybridized carbons (Fsp3) is 0.348. The van der Waals surface area contributed by atoms with Gasteiger partial charge in [0.05, 0.1) is 32.5 Å². The first-order valence-corrected chi connectivity index (χ1v) is 9.92. The molecule has 1 heterocycles. The van der Waals surface area contributed by atoms with Crippen molar-refractivity contribution in [3.05, 3.63) is 52.6 Å². The summed E-state index contributed by atoms with van der Waals surface area (Å²) < 4.78 is 15.9. The van der Waals surface area contributed by atoms with Crippen LogP contribution in [0, 0.1) is 6.92 Å². The van der Waals surface area contributed by atoms with Crippen molar-refractivity contribution in [2.45, 2.75) is 26.3 Å². The van der Waals surface area contributed by atoms with Gasteiger partial charge in [0.1, 0.15) is 5.75 Å². The van der Waals surface area contributed by atoms with Gasteiger partial charge in [-0.1, -0.05) is 11.6 Å². The Morgan fingerprint density at radius 3 is 2.23 bits per heavy atom. The normalized spacial score (nSPS) is 12.6. The Morgan fingerprint density at radius 1 is 0.903 bits per heavy atom. The molecule has 0 aliphatic carbocycles. The molecule has 1 N–H and O–H groups in total. The molecule has 0 bridgehead atoms. The van der Waals surface area contributed by atoms with Crippen LogP contribution in [0.1, 0.15) is 44.7 Å². The second-order valence-corrected chi connectivity index (χ2v) is 7.21. The van der Waals surface area contributed by atoms with Gasteiger partial charge < -0.3 is 19.5 Å². The van der Waals surface area contributed by atoms with E-state index in [-0.39, 0.29) is 37.2 Å². The van der Waals surface area contributed by atoms with E-state index in [0.29, 0.717) is 34.8 Å². The maximum Gasteiger partial charge on any atom is 0.261 e. The van der Waals surface area contributed by atoms with Gasteiger partial charge in [0, 0.05) is 31.1 Å². The molecule has 3 amide bonds. The molecule has 1 aliphatic rings. The molecule has 164 valence electrons. The zero-order valence-electron chi connectivity index (χ0n) is 18.1. The van der Waals surface area contributed by atoms with Crippen molar-refractivity contribution in [1.82, 2.24) is 10.2 Å². The molecule has 0 atom stereocenters. The predicted octanol–water partition coefficient (Wildman–Crippen LogP) is 2.71. The van der Waals surface area contributed by atoms with E-state index in [1.807, 2.05) is 13.0 Å². The van der Waals surface area contributed by atoms with Crippen LogP contribution in [0.3, 0.4) is 0 Å². The van der Waals surface area contributed by atoms with Gasteiger partial charge in [-0.15, -0.1) is 0 Å². The highest BCUT2D eigenvalue weighted by molar-refractivity contribution is 6.21. The first-order chi connectivity index (χ1) is 14.9. The Hall–Kier alpha value is -3.55. The molecule has 3 rings (SSSR count). The number of aryl methyl sites for hydroxylation is 1. The molecule has 0 aromatic heterocycles. The summed E-state index contributed by atoms with van der Waals surface area (Å²) in [6.45, 7) is 2.31. The molecule has 0 fully saturated rings. The number of fused-ring (bicyclic) bond motifs is 1. The number of amides is 3. The van der Waals surface area contributed by atoms with Crippen LogP contribution in [-0.4, -0.2) is 50.5 Å². The van der Waals surface area contributed by atoms with E-state index in [2.05, 4.69) is 5.32 Å². The standard InChI is InChI=1S/C23H26N2O6/c1-14-7-8-16-17(10-14)23(28)25(22(16)27)9-5-6-21(26)24-13-15-11-19(30-3)20(31-4)12-18(15)29-2/h7-8,10-12H,5-6,9,13H2,1-4H3,(H,24,26).